The lowest BCUT2D eigenvalue weighted by Crippen LogP contribution is -2.50. The van der Waals surface area contributed by atoms with Gasteiger partial charge in [-0.2, -0.15) is 0 Å². The molecule has 0 bridgehead atoms. The van der Waals surface area contributed by atoms with Gasteiger partial charge in [0.05, 0.1) is 10.6 Å². The van der Waals surface area contributed by atoms with Gasteiger partial charge in [0.15, 0.2) is 0 Å². The summed E-state index contributed by atoms with van der Waals surface area (Å²) in [6.07, 6.45) is 1.61. The van der Waals surface area contributed by atoms with Crippen LogP contribution in [0.1, 0.15) is 40.2 Å². The van der Waals surface area contributed by atoms with E-state index in [4.69, 9.17) is 23.2 Å². The van der Waals surface area contributed by atoms with E-state index in [0.29, 0.717) is 10.8 Å². The zero-order chi connectivity index (χ0) is 24.9. The summed E-state index contributed by atoms with van der Waals surface area (Å²) in [5.74, 6) is -0.544. The Bertz CT molecular complexity index is 1190. The number of carbonyl (C=O) groups excluding carboxylic acids is 2. The van der Waals surface area contributed by atoms with E-state index in [1.807, 2.05) is 25.1 Å². The SMILES string of the molecule is CC(CCc1ccccc1)NC(=O)C1CSC(c2ccc(F)cc2)N1C(=O)c1ccc(Cl)cc1Cl. The molecule has 4 nitrogen and oxygen atoms in total. The van der Waals surface area contributed by atoms with E-state index in [9.17, 15) is 14.0 Å². The number of aryl methyl sites for hydroxylation is 1. The quantitative estimate of drug-likeness (QED) is 0.378. The van der Waals surface area contributed by atoms with E-state index in [-0.39, 0.29) is 34.3 Å². The van der Waals surface area contributed by atoms with Crippen molar-refractivity contribution in [2.75, 3.05) is 5.75 Å². The largest absolute Gasteiger partial charge is 0.352 e. The first-order chi connectivity index (χ1) is 16.8. The molecule has 3 aromatic rings. The number of thioether (sulfide) groups is 1. The molecule has 0 aromatic heterocycles. The number of nitrogens with one attached hydrogen (secondary N) is 1. The predicted octanol–water partition coefficient (Wildman–Crippen LogP) is 6.53. The number of carbonyl (C=O) groups is 2. The molecule has 3 aromatic carbocycles. The van der Waals surface area contributed by atoms with Crippen molar-refractivity contribution in [3.63, 3.8) is 0 Å². The maximum atomic E-state index is 13.7. The lowest BCUT2D eigenvalue weighted by Gasteiger charge is -2.30. The predicted molar refractivity (Wildman–Crippen MR) is 140 cm³/mol. The van der Waals surface area contributed by atoms with Crippen molar-refractivity contribution < 1.29 is 14.0 Å². The van der Waals surface area contributed by atoms with Crippen molar-refractivity contribution >= 4 is 46.8 Å². The Kier molecular flexibility index (Phi) is 8.37. The van der Waals surface area contributed by atoms with Crippen LogP contribution >= 0.6 is 35.0 Å². The number of rotatable bonds is 7. The molecule has 0 saturated carbocycles. The topological polar surface area (TPSA) is 49.4 Å². The molecular weight excluding hydrogens is 506 g/mol. The van der Waals surface area contributed by atoms with E-state index in [2.05, 4.69) is 17.4 Å². The number of halogens is 3. The molecule has 2 amide bonds. The van der Waals surface area contributed by atoms with Gasteiger partial charge in [0, 0.05) is 16.8 Å². The highest BCUT2D eigenvalue weighted by Gasteiger charge is 2.43. The molecule has 4 rings (SSSR count). The lowest BCUT2D eigenvalue weighted by atomic mass is 10.1. The van der Waals surface area contributed by atoms with Crippen LogP contribution in [0.4, 0.5) is 4.39 Å². The van der Waals surface area contributed by atoms with Crippen molar-refractivity contribution in [3.8, 4) is 0 Å². The second kappa shape index (κ2) is 11.5. The molecule has 1 heterocycles. The summed E-state index contributed by atoms with van der Waals surface area (Å²) in [4.78, 5) is 28.6. The number of benzene rings is 3. The zero-order valence-electron chi connectivity index (χ0n) is 19.1. The Morgan fingerprint density at radius 1 is 1.09 bits per heavy atom. The fourth-order valence-electron chi connectivity index (χ4n) is 4.08. The smallest absolute Gasteiger partial charge is 0.257 e. The Hall–Kier alpha value is -2.54. The van der Waals surface area contributed by atoms with Crippen LogP contribution in [0, 0.1) is 5.82 Å². The average Bonchev–Trinajstić information content (AvgIpc) is 3.29. The first-order valence-corrected chi connectivity index (χ1v) is 13.1. The van der Waals surface area contributed by atoms with Crippen LogP contribution in [0.5, 0.6) is 0 Å². The van der Waals surface area contributed by atoms with Gasteiger partial charge in [-0.3, -0.25) is 9.59 Å². The van der Waals surface area contributed by atoms with Crippen LogP contribution in [-0.4, -0.2) is 34.6 Å². The van der Waals surface area contributed by atoms with E-state index in [1.165, 1.54) is 35.5 Å². The van der Waals surface area contributed by atoms with Crippen LogP contribution in [0.25, 0.3) is 0 Å². The third kappa shape index (κ3) is 6.18. The highest BCUT2D eigenvalue weighted by Crippen LogP contribution is 2.43. The summed E-state index contributed by atoms with van der Waals surface area (Å²) in [7, 11) is 0. The average molecular weight is 531 g/mol. The normalized spacial score (nSPS) is 18.3. The second-order valence-electron chi connectivity index (χ2n) is 8.52. The minimum Gasteiger partial charge on any atom is -0.352 e. The molecule has 1 N–H and O–H groups in total. The molecule has 0 aliphatic carbocycles. The maximum absolute atomic E-state index is 13.7. The van der Waals surface area contributed by atoms with E-state index >= 15 is 0 Å². The molecule has 1 aliphatic rings. The summed E-state index contributed by atoms with van der Waals surface area (Å²) < 4.78 is 13.5. The van der Waals surface area contributed by atoms with Gasteiger partial charge < -0.3 is 10.2 Å². The maximum Gasteiger partial charge on any atom is 0.257 e. The van der Waals surface area contributed by atoms with Gasteiger partial charge in [-0.15, -0.1) is 11.8 Å². The monoisotopic (exact) mass is 530 g/mol. The fourth-order valence-corrected chi connectivity index (χ4v) is 6.00. The Morgan fingerprint density at radius 3 is 2.49 bits per heavy atom. The fraction of sp³-hybridized carbons (Fsp3) is 0.259. The molecule has 1 saturated heterocycles. The van der Waals surface area contributed by atoms with Crippen LogP contribution in [-0.2, 0) is 11.2 Å². The number of hydrogen-bond donors (Lipinski definition) is 1. The van der Waals surface area contributed by atoms with Gasteiger partial charge in [-0.05, 0) is 61.2 Å². The minimum atomic E-state index is -0.700. The molecule has 1 aliphatic heterocycles. The zero-order valence-corrected chi connectivity index (χ0v) is 21.4. The number of nitrogens with zero attached hydrogens (tertiary/aromatic N) is 1. The summed E-state index contributed by atoms with van der Waals surface area (Å²) in [6, 6.07) is 20.0. The summed E-state index contributed by atoms with van der Waals surface area (Å²) >= 11 is 13.8. The molecule has 8 heteroatoms. The minimum absolute atomic E-state index is 0.0753. The standard InChI is InChI=1S/C27H25Cl2FN2O2S/c1-17(7-8-18-5-3-2-4-6-18)31-25(33)24-16-35-27(19-9-12-21(30)13-10-19)32(24)26(34)22-14-11-20(28)15-23(22)29/h2-6,9-15,17,24,27H,7-8,16H2,1H3,(H,31,33). The van der Waals surface area contributed by atoms with Gasteiger partial charge in [0.25, 0.3) is 5.91 Å². The van der Waals surface area contributed by atoms with E-state index in [0.717, 1.165) is 18.4 Å². The Morgan fingerprint density at radius 2 is 1.80 bits per heavy atom. The highest BCUT2D eigenvalue weighted by atomic mass is 35.5. The molecule has 35 heavy (non-hydrogen) atoms. The molecule has 3 atom stereocenters. The third-order valence-corrected chi connectivity index (χ3v) is 7.82. The second-order valence-corrected chi connectivity index (χ2v) is 10.5. The molecule has 0 radical (unpaired) electrons. The highest BCUT2D eigenvalue weighted by molar-refractivity contribution is 7.99. The van der Waals surface area contributed by atoms with Crippen molar-refractivity contribution in [2.45, 2.75) is 37.2 Å². The van der Waals surface area contributed by atoms with Gasteiger partial charge in [0.2, 0.25) is 5.91 Å². The first-order valence-electron chi connectivity index (χ1n) is 11.3. The Labute approximate surface area is 218 Å². The van der Waals surface area contributed by atoms with Crippen molar-refractivity contribution in [1.29, 1.82) is 0 Å². The first kappa shape index (κ1) is 25.5. The van der Waals surface area contributed by atoms with Crippen LogP contribution < -0.4 is 5.32 Å². The summed E-state index contributed by atoms with van der Waals surface area (Å²) in [5.41, 5.74) is 2.21. The van der Waals surface area contributed by atoms with Crippen LogP contribution in [0.2, 0.25) is 10.0 Å². The van der Waals surface area contributed by atoms with Crippen LogP contribution in [0.3, 0.4) is 0 Å². The van der Waals surface area contributed by atoms with Crippen molar-refractivity contribution in [2.24, 2.45) is 0 Å². The Balaban J connectivity index is 1.55. The summed E-state index contributed by atoms with van der Waals surface area (Å²) in [5, 5.41) is 3.25. The van der Waals surface area contributed by atoms with Crippen molar-refractivity contribution in [1.82, 2.24) is 10.2 Å². The van der Waals surface area contributed by atoms with Gasteiger partial charge in [-0.25, -0.2) is 4.39 Å². The summed E-state index contributed by atoms with van der Waals surface area (Å²) in [6.45, 7) is 1.96. The molecule has 0 spiro atoms. The van der Waals surface area contributed by atoms with Gasteiger partial charge in [-0.1, -0.05) is 65.7 Å². The van der Waals surface area contributed by atoms with E-state index < -0.39 is 11.4 Å². The van der Waals surface area contributed by atoms with Crippen molar-refractivity contribution in [3.05, 3.63) is 105 Å². The lowest BCUT2D eigenvalue weighted by molar-refractivity contribution is -0.125. The number of hydrogen-bond acceptors (Lipinski definition) is 3. The van der Waals surface area contributed by atoms with Gasteiger partial charge in [0.1, 0.15) is 17.2 Å². The third-order valence-electron chi connectivity index (χ3n) is 5.95. The van der Waals surface area contributed by atoms with Gasteiger partial charge >= 0.3 is 0 Å². The molecular formula is C27H25Cl2FN2O2S. The van der Waals surface area contributed by atoms with E-state index in [1.54, 1.807) is 29.2 Å². The van der Waals surface area contributed by atoms with Crippen LogP contribution in [0.15, 0.2) is 72.8 Å². The number of amides is 2. The molecule has 1 fully saturated rings. The molecule has 182 valence electrons. The molecule has 3 unspecified atom stereocenters.